The number of aryl methyl sites for hydroxylation is 2. The van der Waals surface area contributed by atoms with Crippen LogP contribution in [0.3, 0.4) is 0 Å². The molecule has 1 N–H and O–H groups in total. The molecule has 0 aliphatic carbocycles. The van der Waals surface area contributed by atoms with Crippen molar-refractivity contribution in [3.8, 4) is 0 Å². The van der Waals surface area contributed by atoms with Crippen LogP contribution < -0.4 is 0 Å². The lowest BCUT2D eigenvalue weighted by Crippen LogP contribution is -2.03. The highest BCUT2D eigenvalue weighted by Gasteiger charge is 2.09. The molecule has 2 rings (SSSR count). The zero-order valence-corrected chi connectivity index (χ0v) is 10.2. The van der Waals surface area contributed by atoms with Crippen molar-refractivity contribution in [1.29, 1.82) is 0 Å². The fourth-order valence-corrected chi connectivity index (χ4v) is 2.02. The first-order chi connectivity index (χ1) is 8.18. The molecule has 0 fully saturated rings. The molecule has 0 atom stereocenters. The second-order valence-electron chi connectivity index (χ2n) is 4.26. The molecule has 0 aliphatic heterocycles. The van der Waals surface area contributed by atoms with Crippen molar-refractivity contribution in [1.82, 2.24) is 9.97 Å². The third kappa shape index (κ3) is 2.61. The lowest BCUT2D eigenvalue weighted by atomic mass is 9.97. The topological polar surface area (TPSA) is 45.8 Å². The zero-order chi connectivity index (χ0) is 12.3. The molecule has 0 saturated heterocycles. The van der Waals surface area contributed by atoms with Gasteiger partial charge in [-0.25, -0.2) is 4.98 Å². The number of aromatic nitrogens is 2. The first kappa shape index (κ1) is 11.6. The van der Waals surface area contributed by atoms with Crippen LogP contribution in [0.25, 0.3) is 0 Å². The lowest BCUT2D eigenvalue weighted by Gasteiger charge is -2.08. The number of ketones is 1. The second-order valence-corrected chi connectivity index (χ2v) is 4.26. The molecule has 0 amide bonds. The Morgan fingerprint density at radius 2 is 2.00 bits per heavy atom. The fraction of sp³-hybridized carbons (Fsp3) is 0.286. The maximum absolute atomic E-state index is 11.8. The summed E-state index contributed by atoms with van der Waals surface area (Å²) in [6.45, 7) is 4.17. The van der Waals surface area contributed by atoms with Crippen molar-refractivity contribution in [3.05, 3.63) is 53.1 Å². The third-order valence-corrected chi connectivity index (χ3v) is 3.05. The predicted molar refractivity (Wildman–Crippen MR) is 67.2 cm³/mol. The van der Waals surface area contributed by atoms with Crippen LogP contribution in [0.5, 0.6) is 0 Å². The van der Waals surface area contributed by atoms with Crippen LogP contribution in [0, 0.1) is 13.8 Å². The highest BCUT2D eigenvalue weighted by molar-refractivity contribution is 5.94. The van der Waals surface area contributed by atoms with Crippen LogP contribution in [0.15, 0.2) is 30.7 Å². The van der Waals surface area contributed by atoms with Gasteiger partial charge in [-0.05, 0) is 37.0 Å². The Morgan fingerprint density at radius 1 is 1.29 bits per heavy atom. The molecule has 3 heteroatoms. The van der Waals surface area contributed by atoms with Crippen LogP contribution >= 0.6 is 0 Å². The first-order valence-electron chi connectivity index (χ1n) is 5.75. The van der Waals surface area contributed by atoms with E-state index in [2.05, 4.69) is 35.9 Å². The average Bonchev–Trinajstić information content (AvgIpc) is 2.81. The molecule has 1 aromatic heterocycles. The number of hydrogen-bond acceptors (Lipinski definition) is 2. The Balaban J connectivity index is 2.06. The zero-order valence-electron chi connectivity index (χ0n) is 10.2. The molecule has 0 saturated carbocycles. The van der Waals surface area contributed by atoms with Gasteiger partial charge in [-0.15, -0.1) is 0 Å². The summed E-state index contributed by atoms with van der Waals surface area (Å²) in [5.41, 5.74) is 4.38. The summed E-state index contributed by atoms with van der Waals surface area (Å²) in [6.07, 6.45) is 4.42. The van der Waals surface area contributed by atoms with Gasteiger partial charge >= 0.3 is 0 Å². The van der Waals surface area contributed by atoms with E-state index in [1.54, 1.807) is 6.20 Å². The minimum absolute atomic E-state index is 0.116. The average molecular weight is 228 g/mol. The van der Waals surface area contributed by atoms with Gasteiger partial charge in [-0.1, -0.05) is 18.2 Å². The van der Waals surface area contributed by atoms with Gasteiger partial charge in [0.1, 0.15) is 5.69 Å². The van der Waals surface area contributed by atoms with E-state index in [1.165, 1.54) is 23.0 Å². The van der Waals surface area contributed by atoms with Gasteiger partial charge < -0.3 is 4.98 Å². The van der Waals surface area contributed by atoms with Gasteiger partial charge in [0.25, 0.3) is 0 Å². The molecule has 17 heavy (non-hydrogen) atoms. The Bertz CT molecular complexity index is 495. The molecule has 0 spiro atoms. The van der Waals surface area contributed by atoms with E-state index in [4.69, 9.17) is 0 Å². The number of carbonyl (C=O) groups is 1. The molecule has 1 aromatic carbocycles. The Kier molecular flexibility index (Phi) is 3.38. The number of carbonyl (C=O) groups excluding carboxylic acids is 1. The molecular weight excluding hydrogens is 212 g/mol. The molecule has 0 aliphatic rings. The molecule has 88 valence electrons. The van der Waals surface area contributed by atoms with Crippen molar-refractivity contribution in [2.75, 3.05) is 0 Å². The first-order valence-corrected chi connectivity index (χ1v) is 5.75. The van der Waals surface area contributed by atoms with Gasteiger partial charge in [-0.3, -0.25) is 4.79 Å². The summed E-state index contributed by atoms with van der Waals surface area (Å²) < 4.78 is 0. The number of imidazole rings is 1. The number of nitrogens with zero attached hydrogens (tertiary/aromatic N) is 1. The van der Waals surface area contributed by atoms with Gasteiger partial charge in [-0.2, -0.15) is 0 Å². The van der Waals surface area contributed by atoms with Crippen molar-refractivity contribution in [2.24, 2.45) is 0 Å². The highest BCUT2D eigenvalue weighted by atomic mass is 16.1. The SMILES string of the molecule is Cc1cccc(C)c1CCC(=O)c1cnc[nH]1. The summed E-state index contributed by atoms with van der Waals surface area (Å²) in [5, 5.41) is 0. The van der Waals surface area contributed by atoms with Gasteiger partial charge in [0.2, 0.25) is 0 Å². The summed E-state index contributed by atoms with van der Waals surface area (Å²) in [5.74, 6) is 0.116. The van der Waals surface area contributed by atoms with Gasteiger partial charge in [0.05, 0.1) is 12.5 Å². The van der Waals surface area contributed by atoms with Crippen LogP contribution in [0.4, 0.5) is 0 Å². The molecule has 1 heterocycles. The third-order valence-electron chi connectivity index (χ3n) is 3.05. The predicted octanol–water partition coefficient (Wildman–Crippen LogP) is 2.84. The second kappa shape index (κ2) is 4.95. The Labute approximate surface area is 101 Å². The quantitative estimate of drug-likeness (QED) is 0.818. The summed E-state index contributed by atoms with van der Waals surface area (Å²) in [4.78, 5) is 18.5. The van der Waals surface area contributed by atoms with E-state index in [0.717, 1.165) is 6.42 Å². The van der Waals surface area contributed by atoms with Gasteiger partial charge in [0, 0.05) is 6.42 Å². The number of Topliss-reactive ketones (excluding diaryl/α,β-unsaturated/α-hetero) is 1. The van der Waals surface area contributed by atoms with Crippen LogP contribution in [-0.2, 0) is 6.42 Å². The monoisotopic (exact) mass is 228 g/mol. The van der Waals surface area contributed by atoms with Crippen LogP contribution in [0.2, 0.25) is 0 Å². The minimum Gasteiger partial charge on any atom is -0.342 e. The highest BCUT2D eigenvalue weighted by Crippen LogP contribution is 2.16. The van der Waals surface area contributed by atoms with Crippen LogP contribution in [0.1, 0.15) is 33.6 Å². The summed E-state index contributed by atoms with van der Waals surface area (Å²) in [6, 6.07) is 6.22. The maximum atomic E-state index is 11.8. The molecule has 0 radical (unpaired) electrons. The Morgan fingerprint density at radius 3 is 2.59 bits per heavy atom. The van der Waals surface area contributed by atoms with E-state index < -0.39 is 0 Å². The van der Waals surface area contributed by atoms with Gasteiger partial charge in [0.15, 0.2) is 5.78 Å². The lowest BCUT2D eigenvalue weighted by molar-refractivity contribution is 0.0978. The minimum atomic E-state index is 0.116. The van der Waals surface area contributed by atoms with E-state index in [9.17, 15) is 4.79 Å². The number of nitrogens with one attached hydrogen (secondary N) is 1. The van der Waals surface area contributed by atoms with E-state index in [1.807, 2.05) is 6.07 Å². The van der Waals surface area contributed by atoms with Crippen molar-refractivity contribution in [2.45, 2.75) is 26.7 Å². The number of aromatic amines is 1. The molecule has 3 nitrogen and oxygen atoms in total. The van der Waals surface area contributed by atoms with E-state index >= 15 is 0 Å². The van der Waals surface area contributed by atoms with Crippen molar-refractivity contribution in [3.63, 3.8) is 0 Å². The smallest absolute Gasteiger partial charge is 0.180 e. The maximum Gasteiger partial charge on any atom is 0.180 e. The number of H-pyrrole nitrogens is 1. The number of hydrogen-bond donors (Lipinski definition) is 1. The molecule has 2 aromatic rings. The van der Waals surface area contributed by atoms with Crippen LogP contribution in [-0.4, -0.2) is 15.8 Å². The number of benzene rings is 1. The molecule has 0 unspecified atom stereocenters. The summed E-state index contributed by atoms with van der Waals surface area (Å²) >= 11 is 0. The summed E-state index contributed by atoms with van der Waals surface area (Å²) in [7, 11) is 0. The molecule has 0 bridgehead atoms. The van der Waals surface area contributed by atoms with Crippen molar-refractivity contribution < 1.29 is 4.79 Å². The fourth-order valence-electron chi connectivity index (χ4n) is 2.02. The molecular formula is C14H16N2O. The normalized spacial score (nSPS) is 10.5. The van der Waals surface area contributed by atoms with E-state index in [-0.39, 0.29) is 5.78 Å². The number of rotatable bonds is 4. The largest absolute Gasteiger partial charge is 0.342 e. The Hall–Kier alpha value is -1.90. The van der Waals surface area contributed by atoms with Crippen molar-refractivity contribution >= 4 is 5.78 Å². The standard InChI is InChI=1S/C14H16N2O/c1-10-4-3-5-11(2)12(10)6-7-14(17)13-8-15-9-16-13/h3-5,8-9H,6-7H2,1-2H3,(H,15,16). The van der Waals surface area contributed by atoms with E-state index in [0.29, 0.717) is 12.1 Å².